The van der Waals surface area contributed by atoms with Gasteiger partial charge in [0.05, 0.1) is 5.54 Å². The molecule has 1 saturated heterocycles. The van der Waals surface area contributed by atoms with Crippen LogP contribution in [0.15, 0.2) is 12.3 Å². The van der Waals surface area contributed by atoms with Gasteiger partial charge >= 0.3 is 6.03 Å². The lowest BCUT2D eigenvalue weighted by Crippen LogP contribution is -2.52. The fraction of sp³-hybridized carbons (Fsp3) is 0.700. The van der Waals surface area contributed by atoms with E-state index in [4.69, 9.17) is 0 Å². The average Bonchev–Trinajstić information content (AvgIpc) is 1.99. The van der Waals surface area contributed by atoms with Crippen LogP contribution in [0, 0.1) is 0 Å². The zero-order chi connectivity index (χ0) is 10.4. The minimum atomic E-state index is -0.296. The summed E-state index contributed by atoms with van der Waals surface area (Å²) >= 11 is 0. The predicted molar refractivity (Wildman–Crippen MR) is 53.3 cm³/mol. The van der Waals surface area contributed by atoms with Crippen LogP contribution in [-0.4, -0.2) is 22.0 Å². The summed E-state index contributed by atoms with van der Waals surface area (Å²) in [5, 5.41) is 2.76. The maximum Gasteiger partial charge on any atom is 0.322 e. The van der Waals surface area contributed by atoms with Gasteiger partial charge in [0.15, 0.2) is 0 Å². The lowest BCUT2D eigenvalue weighted by molar-refractivity contribution is 0.109. The molecule has 3 heteroatoms. The van der Waals surface area contributed by atoms with Crippen molar-refractivity contribution >= 4 is 6.03 Å². The van der Waals surface area contributed by atoms with E-state index in [0.29, 0.717) is 0 Å². The normalized spacial score (nSPS) is 22.1. The molecule has 1 fully saturated rings. The summed E-state index contributed by atoms with van der Waals surface area (Å²) in [6.45, 7) is 13.9. The monoisotopic (exact) mass is 182 g/mol. The molecule has 0 aromatic heterocycles. The van der Waals surface area contributed by atoms with Gasteiger partial charge in [0.2, 0.25) is 0 Å². The van der Waals surface area contributed by atoms with E-state index in [1.807, 2.05) is 39.5 Å². The van der Waals surface area contributed by atoms with E-state index in [9.17, 15) is 4.79 Å². The third-order valence-electron chi connectivity index (χ3n) is 2.43. The van der Waals surface area contributed by atoms with Crippen LogP contribution >= 0.6 is 0 Å². The van der Waals surface area contributed by atoms with Gasteiger partial charge in [-0.2, -0.15) is 0 Å². The Balaban J connectivity index is 3.10. The second kappa shape index (κ2) is 2.50. The van der Waals surface area contributed by atoms with Gasteiger partial charge in [0.25, 0.3) is 0 Å². The second-order valence-corrected chi connectivity index (χ2v) is 4.97. The topological polar surface area (TPSA) is 32.3 Å². The van der Waals surface area contributed by atoms with E-state index in [0.717, 1.165) is 5.70 Å². The molecule has 1 aliphatic heterocycles. The molecule has 0 saturated carbocycles. The van der Waals surface area contributed by atoms with E-state index in [-0.39, 0.29) is 17.1 Å². The molecule has 0 aliphatic carbocycles. The fourth-order valence-corrected chi connectivity index (χ4v) is 1.87. The van der Waals surface area contributed by atoms with Crippen LogP contribution in [0.4, 0.5) is 4.79 Å². The highest BCUT2D eigenvalue weighted by atomic mass is 16.2. The number of nitrogens with zero attached hydrogens (tertiary/aromatic N) is 1. The molecule has 1 rings (SSSR count). The lowest BCUT2D eigenvalue weighted by atomic mass is 9.95. The number of hydrogen-bond donors (Lipinski definition) is 1. The van der Waals surface area contributed by atoms with Gasteiger partial charge < -0.3 is 10.2 Å². The maximum absolute atomic E-state index is 11.6. The highest BCUT2D eigenvalue weighted by molar-refractivity contribution is 5.82. The van der Waals surface area contributed by atoms with Crippen LogP contribution in [-0.2, 0) is 0 Å². The molecule has 0 aromatic carbocycles. The van der Waals surface area contributed by atoms with Crippen LogP contribution in [0.3, 0.4) is 0 Å². The SMILES string of the molecule is C=C1NC(=O)N(C(C)(C)C)C1(C)C. The summed E-state index contributed by atoms with van der Waals surface area (Å²) in [7, 11) is 0. The first-order chi connectivity index (χ1) is 5.67. The quantitative estimate of drug-likeness (QED) is 0.611. The molecule has 0 bridgehead atoms. The Labute approximate surface area is 79.8 Å². The molecule has 0 aromatic rings. The van der Waals surface area contributed by atoms with Crippen molar-refractivity contribution in [1.29, 1.82) is 0 Å². The van der Waals surface area contributed by atoms with Gasteiger partial charge in [-0.05, 0) is 34.6 Å². The van der Waals surface area contributed by atoms with E-state index in [2.05, 4.69) is 11.9 Å². The van der Waals surface area contributed by atoms with E-state index in [1.54, 1.807) is 0 Å². The molecular weight excluding hydrogens is 164 g/mol. The number of hydrogen-bond acceptors (Lipinski definition) is 1. The molecule has 1 heterocycles. The van der Waals surface area contributed by atoms with Crippen molar-refractivity contribution in [2.24, 2.45) is 0 Å². The zero-order valence-electron chi connectivity index (χ0n) is 9.06. The molecule has 0 atom stereocenters. The Bertz CT molecular complexity index is 261. The second-order valence-electron chi connectivity index (χ2n) is 4.97. The van der Waals surface area contributed by atoms with Gasteiger partial charge in [-0.1, -0.05) is 6.58 Å². The number of nitrogens with one attached hydrogen (secondary N) is 1. The molecular formula is C10H18N2O. The summed E-state index contributed by atoms with van der Waals surface area (Å²) < 4.78 is 0. The van der Waals surface area contributed by atoms with Crippen LogP contribution in [0.5, 0.6) is 0 Å². The molecule has 1 aliphatic rings. The highest BCUT2D eigenvalue weighted by Crippen LogP contribution is 2.33. The molecule has 0 spiro atoms. The van der Waals surface area contributed by atoms with Gasteiger partial charge in [-0.3, -0.25) is 0 Å². The molecule has 3 nitrogen and oxygen atoms in total. The van der Waals surface area contributed by atoms with E-state index >= 15 is 0 Å². The largest absolute Gasteiger partial charge is 0.322 e. The van der Waals surface area contributed by atoms with Crippen molar-refractivity contribution in [1.82, 2.24) is 10.2 Å². The van der Waals surface area contributed by atoms with E-state index in [1.165, 1.54) is 0 Å². The van der Waals surface area contributed by atoms with Crippen LogP contribution in [0.25, 0.3) is 0 Å². The Morgan fingerprint density at radius 3 is 2.00 bits per heavy atom. The number of urea groups is 1. The minimum absolute atomic E-state index is 0.0532. The minimum Gasteiger partial charge on any atom is -0.310 e. The van der Waals surface area contributed by atoms with Gasteiger partial charge in [-0.15, -0.1) is 0 Å². The smallest absolute Gasteiger partial charge is 0.310 e. The van der Waals surface area contributed by atoms with Crippen molar-refractivity contribution in [3.05, 3.63) is 12.3 Å². The van der Waals surface area contributed by atoms with Crippen molar-refractivity contribution in [2.75, 3.05) is 0 Å². The summed E-state index contributed by atoms with van der Waals surface area (Å²) in [6, 6.07) is -0.0532. The highest BCUT2D eigenvalue weighted by Gasteiger charge is 2.46. The average molecular weight is 182 g/mol. The first-order valence-corrected chi connectivity index (χ1v) is 4.48. The Morgan fingerprint density at radius 2 is 1.85 bits per heavy atom. The van der Waals surface area contributed by atoms with Crippen LogP contribution in [0.1, 0.15) is 34.6 Å². The van der Waals surface area contributed by atoms with Crippen molar-refractivity contribution in [2.45, 2.75) is 45.7 Å². The number of amides is 2. The Morgan fingerprint density at radius 1 is 1.38 bits per heavy atom. The molecule has 0 unspecified atom stereocenters. The molecule has 74 valence electrons. The molecule has 0 radical (unpaired) electrons. The zero-order valence-corrected chi connectivity index (χ0v) is 9.06. The van der Waals surface area contributed by atoms with Gasteiger partial charge in [0, 0.05) is 11.2 Å². The predicted octanol–water partition coefficient (Wildman–Crippen LogP) is 2.10. The standard InChI is InChI=1S/C10H18N2O/c1-7-10(5,6)12(8(13)11-7)9(2,3)4/h1H2,2-6H3,(H,11,13). The third kappa shape index (κ3) is 1.43. The van der Waals surface area contributed by atoms with Crippen LogP contribution < -0.4 is 5.32 Å². The Kier molecular flexibility index (Phi) is 1.94. The lowest BCUT2D eigenvalue weighted by Gasteiger charge is -2.40. The third-order valence-corrected chi connectivity index (χ3v) is 2.43. The molecule has 13 heavy (non-hydrogen) atoms. The summed E-state index contributed by atoms with van der Waals surface area (Å²) in [4.78, 5) is 13.4. The summed E-state index contributed by atoms with van der Waals surface area (Å²) in [5.41, 5.74) is 0.301. The van der Waals surface area contributed by atoms with Crippen LogP contribution in [0.2, 0.25) is 0 Å². The number of rotatable bonds is 0. The van der Waals surface area contributed by atoms with Gasteiger partial charge in [-0.25, -0.2) is 4.79 Å². The number of carbonyl (C=O) groups excluding carboxylic acids is 1. The number of carbonyl (C=O) groups is 1. The maximum atomic E-state index is 11.6. The molecule has 2 amide bonds. The van der Waals surface area contributed by atoms with E-state index < -0.39 is 0 Å². The van der Waals surface area contributed by atoms with Crippen molar-refractivity contribution in [3.63, 3.8) is 0 Å². The summed E-state index contributed by atoms with van der Waals surface area (Å²) in [5.74, 6) is 0. The van der Waals surface area contributed by atoms with Crippen molar-refractivity contribution in [3.8, 4) is 0 Å². The Hall–Kier alpha value is -0.990. The first-order valence-electron chi connectivity index (χ1n) is 4.48. The molecule has 1 N–H and O–H groups in total. The first kappa shape index (κ1) is 10.1. The van der Waals surface area contributed by atoms with Crippen molar-refractivity contribution < 1.29 is 4.79 Å². The van der Waals surface area contributed by atoms with Gasteiger partial charge in [0.1, 0.15) is 0 Å². The summed E-state index contributed by atoms with van der Waals surface area (Å²) in [6.07, 6.45) is 0. The fourth-order valence-electron chi connectivity index (χ4n) is 1.87.